The largest absolute Gasteiger partial charge is 0.355 e. The summed E-state index contributed by atoms with van der Waals surface area (Å²) in [6, 6.07) is 0. The van der Waals surface area contributed by atoms with E-state index in [0.717, 1.165) is 0 Å². The van der Waals surface area contributed by atoms with Gasteiger partial charge in [0.15, 0.2) is 16.6 Å². The predicted octanol–water partition coefficient (Wildman–Crippen LogP) is 5.27. The van der Waals surface area contributed by atoms with E-state index in [0.29, 0.717) is 6.10 Å². The van der Waals surface area contributed by atoms with Crippen molar-refractivity contribution < 1.29 is 12.9 Å². The average Bonchev–Trinajstić information content (AvgIpc) is 2.13. The van der Waals surface area contributed by atoms with E-state index in [4.69, 9.17) is 12.9 Å². The second-order valence-electron chi connectivity index (χ2n) is 7.00. The fourth-order valence-corrected chi connectivity index (χ4v) is 6.66. The van der Waals surface area contributed by atoms with Crippen molar-refractivity contribution in [2.75, 3.05) is 0 Å². The van der Waals surface area contributed by atoms with E-state index < -0.39 is 25.2 Å². The summed E-state index contributed by atoms with van der Waals surface area (Å²) in [7, 11) is -4.34. The molecule has 0 unspecified atom stereocenters. The van der Waals surface area contributed by atoms with Crippen LogP contribution in [-0.4, -0.2) is 22.7 Å². The molecule has 0 bridgehead atoms. The second kappa shape index (κ2) is 6.96. The van der Waals surface area contributed by atoms with Gasteiger partial charge >= 0.3 is 8.60 Å². The van der Waals surface area contributed by atoms with Gasteiger partial charge in [0.1, 0.15) is 0 Å². The van der Waals surface area contributed by atoms with Crippen molar-refractivity contribution in [2.24, 2.45) is 0 Å². The molecule has 0 spiro atoms. The molecule has 0 aromatic carbocycles. The molecule has 0 heterocycles. The standard InChI is InChI=1S/C12H29O3PSi2/c1-17(2,3)14-16(15-18(4,5)6)13-12-10-8-7-9-11-12/h12H,7-11H2,1-6H3. The number of hydrogen-bond donors (Lipinski definition) is 0. The van der Waals surface area contributed by atoms with Crippen LogP contribution in [0.4, 0.5) is 0 Å². The van der Waals surface area contributed by atoms with E-state index >= 15 is 0 Å². The molecule has 6 heteroatoms. The first kappa shape index (κ1) is 16.8. The van der Waals surface area contributed by atoms with Crippen molar-refractivity contribution in [2.45, 2.75) is 77.5 Å². The van der Waals surface area contributed by atoms with Gasteiger partial charge in [0.2, 0.25) is 0 Å². The molecule has 1 saturated carbocycles. The molecular weight excluding hydrogens is 279 g/mol. The number of rotatable bonds is 6. The maximum atomic E-state index is 6.13. The minimum absolute atomic E-state index is 0.359. The van der Waals surface area contributed by atoms with Gasteiger partial charge in [0.25, 0.3) is 0 Å². The van der Waals surface area contributed by atoms with Crippen molar-refractivity contribution in [3.63, 3.8) is 0 Å². The lowest BCUT2D eigenvalue weighted by molar-refractivity contribution is 0.137. The SMILES string of the molecule is C[Si](C)(C)OP(OC1CCCCC1)O[Si](C)(C)C. The Labute approximate surface area is 116 Å². The Hall–Kier alpha value is 0.744. The van der Waals surface area contributed by atoms with Crippen LogP contribution in [0.1, 0.15) is 32.1 Å². The molecule has 108 valence electrons. The molecule has 18 heavy (non-hydrogen) atoms. The van der Waals surface area contributed by atoms with Crippen molar-refractivity contribution in [1.29, 1.82) is 0 Å². The van der Waals surface area contributed by atoms with Crippen LogP contribution in [0.5, 0.6) is 0 Å². The molecule has 1 rings (SSSR count). The topological polar surface area (TPSA) is 27.7 Å². The predicted molar refractivity (Wildman–Crippen MR) is 83.7 cm³/mol. The quantitative estimate of drug-likeness (QED) is 0.494. The van der Waals surface area contributed by atoms with Crippen molar-refractivity contribution in [1.82, 2.24) is 0 Å². The summed E-state index contributed by atoms with van der Waals surface area (Å²) in [5.74, 6) is 0. The highest BCUT2D eigenvalue weighted by molar-refractivity contribution is 7.45. The first-order valence-corrected chi connectivity index (χ1v) is 14.9. The molecule has 0 saturated heterocycles. The highest BCUT2D eigenvalue weighted by atomic mass is 31.2. The lowest BCUT2D eigenvalue weighted by Crippen LogP contribution is -2.30. The van der Waals surface area contributed by atoms with Crippen LogP contribution in [-0.2, 0) is 12.9 Å². The fraction of sp³-hybridized carbons (Fsp3) is 1.00. The molecule has 0 radical (unpaired) electrons. The highest BCUT2D eigenvalue weighted by Gasteiger charge is 2.31. The monoisotopic (exact) mass is 308 g/mol. The Morgan fingerprint density at radius 3 is 1.61 bits per heavy atom. The average molecular weight is 309 g/mol. The van der Waals surface area contributed by atoms with Gasteiger partial charge in [-0.2, -0.15) is 0 Å². The van der Waals surface area contributed by atoms with Crippen LogP contribution in [0.3, 0.4) is 0 Å². The Kier molecular flexibility index (Phi) is 6.49. The minimum Gasteiger partial charge on any atom is -0.355 e. The van der Waals surface area contributed by atoms with E-state index in [2.05, 4.69) is 39.3 Å². The molecule has 0 N–H and O–H groups in total. The van der Waals surface area contributed by atoms with E-state index in [-0.39, 0.29) is 0 Å². The van der Waals surface area contributed by atoms with Crippen LogP contribution < -0.4 is 0 Å². The fourth-order valence-electron chi connectivity index (χ4n) is 1.80. The van der Waals surface area contributed by atoms with Gasteiger partial charge in [-0.1, -0.05) is 19.3 Å². The van der Waals surface area contributed by atoms with E-state index in [1.54, 1.807) is 0 Å². The van der Waals surface area contributed by atoms with Gasteiger partial charge in [-0.05, 0) is 52.1 Å². The summed E-state index contributed by atoms with van der Waals surface area (Å²) in [4.78, 5) is 0. The van der Waals surface area contributed by atoms with Crippen LogP contribution in [0, 0.1) is 0 Å². The molecule has 0 amide bonds. The minimum atomic E-state index is -1.60. The van der Waals surface area contributed by atoms with E-state index in [1.165, 1.54) is 32.1 Å². The van der Waals surface area contributed by atoms with Gasteiger partial charge in [-0.25, -0.2) is 0 Å². The van der Waals surface area contributed by atoms with Gasteiger partial charge in [-0.15, -0.1) is 0 Å². The van der Waals surface area contributed by atoms with Crippen LogP contribution in [0.25, 0.3) is 0 Å². The summed E-state index contributed by atoms with van der Waals surface area (Å²) in [5.41, 5.74) is 0. The van der Waals surface area contributed by atoms with Crippen molar-refractivity contribution in [3.8, 4) is 0 Å². The van der Waals surface area contributed by atoms with Crippen molar-refractivity contribution >= 4 is 25.2 Å². The molecule has 1 fully saturated rings. The first-order chi connectivity index (χ1) is 8.16. The zero-order valence-electron chi connectivity index (χ0n) is 12.8. The van der Waals surface area contributed by atoms with E-state index in [9.17, 15) is 0 Å². The third-order valence-corrected chi connectivity index (χ3v) is 8.53. The summed E-state index contributed by atoms with van der Waals surface area (Å²) < 4.78 is 18.4. The zero-order valence-corrected chi connectivity index (χ0v) is 15.7. The Morgan fingerprint density at radius 2 is 1.22 bits per heavy atom. The lowest BCUT2D eigenvalue weighted by atomic mass is 9.98. The normalized spacial score (nSPS) is 19.5. The third-order valence-electron chi connectivity index (χ3n) is 2.48. The lowest BCUT2D eigenvalue weighted by Gasteiger charge is -2.32. The van der Waals surface area contributed by atoms with Gasteiger partial charge in [0, 0.05) is 0 Å². The summed E-state index contributed by atoms with van der Waals surface area (Å²) in [6.45, 7) is 13.2. The molecule has 0 aromatic rings. The van der Waals surface area contributed by atoms with Gasteiger partial charge in [-0.3, -0.25) is 0 Å². The van der Waals surface area contributed by atoms with Gasteiger partial charge < -0.3 is 12.9 Å². The van der Waals surface area contributed by atoms with Gasteiger partial charge in [0.05, 0.1) is 6.10 Å². The zero-order chi connectivity index (χ0) is 13.8. The second-order valence-corrected chi connectivity index (χ2v) is 17.6. The van der Waals surface area contributed by atoms with Crippen LogP contribution >= 0.6 is 8.60 Å². The molecular formula is C12H29O3PSi2. The number of hydrogen-bond acceptors (Lipinski definition) is 3. The Morgan fingerprint density at radius 1 is 0.778 bits per heavy atom. The van der Waals surface area contributed by atoms with Crippen molar-refractivity contribution in [3.05, 3.63) is 0 Å². The summed E-state index contributed by atoms with van der Waals surface area (Å²) >= 11 is 0. The Balaban J connectivity index is 2.53. The van der Waals surface area contributed by atoms with Crippen LogP contribution in [0.2, 0.25) is 39.3 Å². The third kappa shape index (κ3) is 8.02. The smallest absolute Gasteiger partial charge is 0.311 e. The summed E-state index contributed by atoms with van der Waals surface area (Å²) in [5, 5.41) is 0. The molecule has 0 atom stereocenters. The highest BCUT2D eigenvalue weighted by Crippen LogP contribution is 2.48. The molecule has 1 aliphatic carbocycles. The molecule has 0 aromatic heterocycles. The van der Waals surface area contributed by atoms with Crippen LogP contribution in [0.15, 0.2) is 0 Å². The van der Waals surface area contributed by atoms with E-state index in [1.807, 2.05) is 0 Å². The molecule has 1 aliphatic rings. The molecule has 0 aliphatic heterocycles. The molecule has 3 nitrogen and oxygen atoms in total. The maximum Gasteiger partial charge on any atom is 0.311 e. The summed E-state index contributed by atoms with van der Waals surface area (Å²) in [6.07, 6.45) is 6.62. The first-order valence-electron chi connectivity index (χ1n) is 7.01. The Bertz CT molecular complexity index is 229. The maximum absolute atomic E-state index is 6.13.